The predicted octanol–water partition coefficient (Wildman–Crippen LogP) is -32.6. The summed E-state index contributed by atoms with van der Waals surface area (Å²) in [4.78, 5) is 0. The summed E-state index contributed by atoms with van der Waals surface area (Å²) in [5, 5.41) is 16.7. The van der Waals surface area contributed by atoms with Crippen molar-refractivity contribution >= 4 is 422 Å². The van der Waals surface area contributed by atoms with E-state index in [9.17, 15) is 0 Å². The Kier molecular flexibility index (Phi) is 11.8. The van der Waals surface area contributed by atoms with Gasteiger partial charge in [0.2, 0.25) is 0 Å². The molecule has 1 nitrogen and oxygen atoms in total. The molecule has 0 aliphatic carbocycles. The smallest absolute Gasteiger partial charge is 0.143 e. The fraction of sp³-hybridized carbons (Fsp3) is 0. The molecule has 0 spiro atoms. The van der Waals surface area contributed by atoms with Crippen LogP contribution in [0.25, 0.3) is 98.1 Å². The van der Waals surface area contributed by atoms with Gasteiger partial charge in [0.1, 0.15) is 215 Å². The quantitative estimate of drug-likeness (QED) is 0.0958. The molecule has 1 aromatic heterocycles. The monoisotopic (exact) mass is 883 g/mol. The van der Waals surface area contributed by atoms with Gasteiger partial charge in [0, 0.05) is 10.8 Å². The van der Waals surface area contributed by atoms with Gasteiger partial charge in [0.25, 0.3) is 0 Å². The molecule has 0 aliphatic rings. The minimum Gasteiger partial charge on any atom is -0.457 e. The van der Waals surface area contributed by atoms with Crippen molar-refractivity contribution in [2.24, 2.45) is 0 Å². The molecule has 312 valence electrons. The molecule has 10 aromatic rings. The summed E-state index contributed by atoms with van der Waals surface area (Å²) in [6.45, 7) is 0. The highest BCUT2D eigenvalue weighted by Gasteiger charge is 2.32. The van der Waals surface area contributed by atoms with Crippen molar-refractivity contribution < 1.29 is 4.42 Å². The molecule has 0 amide bonds. The van der Waals surface area contributed by atoms with Crippen LogP contribution in [0.3, 0.4) is 0 Å². The van der Waals surface area contributed by atoms with Gasteiger partial charge < -0.3 is 4.42 Å². The van der Waals surface area contributed by atoms with Crippen molar-refractivity contribution in [2.45, 2.75) is 0 Å². The zero-order chi connectivity index (χ0) is 52.1. The Balaban J connectivity index is 1.58. The lowest BCUT2D eigenvalue weighted by Crippen LogP contribution is -2.51. The zero-order valence-corrected chi connectivity index (χ0v) is 48.4. The van der Waals surface area contributed by atoms with E-state index in [0.717, 1.165) is 11.2 Å². The van der Waals surface area contributed by atoms with Gasteiger partial charge in [-0.3, -0.25) is 0 Å². The third-order valence-corrected chi connectivity index (χ3v) is 20.7. The summed E-state index contributed by atoms with van der Waals surface area (Å²) in [5.74, 6) is 0. The van der Waals surface area contributed by atoms with Gasteiger partial charge in [-0.25, -0.2) is 0 Å². The first-order valence-corrected chi connectivity index (χ1v) is 26.4. The SMILES string of the molecule is Bc1c(B)c(B)c2c(oc3c(B)c(B)c(-c4c5c(B)c(B)c(B)c(B)c5c(-c5c(B)c(B)c(B)c6c5c(B)c(B)c5c(B)c(B)c7c(B)c(B)c(B)c(B)c7c56)c5c(B)c(B)c(B)c(B)c45)c(B)c32)c1B. The van der Waals surface area contributed by atoms with Gasteiger partial charge in [-0.1, -0.05) is 98.3 Å². The summed E-state index contributed by atoms with van der Waals surface area (Å²) < 4.78 is 7.08. The first-order valence-electron chi connectivity index (χ1n) is 26.4. The Morgan fingerprint density at radius 2 is 0.338 bits per heavy atom. The van der Waals surface area contributed by atoms with Crippen LogP contribution in [0.1, 0.15) is 0 Å². The maximum atomic E-state index is 7.08. The molecule has 0 bridgehead atoms. The van der Waals surface area contributed by atoms with Crippen LogP contribution in [0, 0.1) is 0 Å². The van der Waals surface area contributed by atoms with Crippen LogP contribution in [0.15, 0.2) is 4.42 Å². The maximum absolute atomic E-state index is 7.08. The van der Waals surface area contributed by atoms with E-state index in [1.165, 1.54) is 229 Å². The average molecular weight is 878 g/mol. The van der Waals surface area contributed by atoms with Crippen molar-refractivity contribution in [1.82, 2.24) is 0 Å². The van der Waals surface area contributed by atoms with E-state index in [-0.39, 0.29) is 0 Å². The van der Waals surface area contributed by atoms with Crippen LogP contribution < -0.4 is 142 Å². The first-order chi connectivity index (χ1) is 33.2. The molecule has 0 N–H and O–H groups in total. The van der Waals surface area contributed by atoms with E-state index in [1.807, 2.05) is 0 Å². The third kappa shape index (κ3) is 6.20. The number of rotatable bonds is 2. The minimum atomic E-state index is 1.03. The first kappa shape index (κ1) is 50.3. The second-order valence-corrected chi connectivity index (χ2v) is 23.0. The fourth-order valence-corrected chi connectivity index (χ4v) is 14.4. The van der Waals surface area contributed by atoms with E-state index in [4.69, 9.17) is 4.42 Å². The number of benzene rings is 9. The van der Waals surface area contributed by atoms with Gasteiger partial charge in [-0.2, -0.15) is 0 Å². The highest BCUT2D eigenvalue weighted by Crippen LogP contribution is 2.42. The average Bonchev–Trinajstić information content (AvgIpc) is 3.75. The van der Waals surface area contributed by atoms with Crippen molar-refractivity contribution in [3.05, 3.63) is 0 Å². The summed E-state index contributed by atoms with van der Waals surface area (Å²) in [6.07, 6.45) is 0. The Morgan fingerprint density at radius 1 is 0.127 bits per heavy atom. The highest BCUT2D eigenvalue weighted by atomic mass is 16.3. The molecule has 1 heterocycles. The Labute approximate surface area is 445 Å². The third-order valence-electron chi connectivity index (χ3n) is 20.7. The lowest BCUT2D eigenvalue weighted by atomic mass is 9.56. The lowest BCUT2D eigenvalue weighted by molar-refractivity contribution is 0.675. The van der Waals surface area contributed by atoms with E-state index in [2.05, 4.69) is 204 Å². The summed E-state index contributed by atoms with van der Waals surface area (Å²) >= 11 is 0. The van der Waals surface area contributed by atoms with E-state index < -0.39 is 0 Å². The van der Waals surface area contributed by atoms with Gasteiger partial charge in [0.05, 0.1) is 0 Å². The summed E-state index contributed by atoms with van der Waals surface area (Å²) in [6, 6.07) is 0. The number of hydrogen-bond acceptors (Lipinski definition) is 1. The molecule has 0 unspecified atom stereocenters. The molecule has 0 radical (unpaired) electrons. The Bertz CT molecular complexity index is 4210. The molecular formula is C44H52B26O. The molecular weight excluding hydrogens is 826 g/mol. The normalized spacial score (nSPS) is 12.0. The number of fused-ring (bicyclic) bond motifs is 10. The van der Waals surface area contributed by atoms with Gasteiger partial charge in [-0.05, 0) is 76.1 Å². The Morgan fingerprint density at radius 3 is 0.746 bits per heavy atom. The fourth-order valence-electron chi connectivity index (χ4n) is 14.4. The number of hydrogen-bond donors (Lipinski definition) is 0. The minimum absolute atomic E-state index is 1.03. The highest BCUT2D eigenvalue weighted by molar-refractivity contribution is 6.78. The van der Waals surface area contributed by atoms with Crippen molar-refractivity contribution in [2.75, 3.05) is 0 Å². The molecule has 10 rings (SSSR count). The molecule has 71 heavy (non-hydrogen) atoms. The molecule has 0 saturated heterocycles. The zero-order valence-electron chi connectivity index (χ0n) is 48.4. The molecule has 0 saturated carbocycles. The lowest BCUT2D eigenvalue weighted by Gasteiger charge is -2.32. The van der Waals surface area contributed by atoms with E-state index >= 15 is 0 Å². The van der Waals surface area contributed by atoms with Gasteiger partial charge >= 0.3 is 0 Å². The van der Waals surface area contributed by atoms with E-state index in [0.29, 0.717) is 0 Å². The van der Waals surface area contributed by atoms with Crippen LogP contribution in [-0.2, 0) is 0 Å². The van der Waals surface area contributed by atoms with Crippen molar-refractivity contribution in [3.63, 3.8) is 0 Å². The second kappa shape index (κ2) is 16.6. The molecule has 9 aromatic carbocycles. The van der Waals surface area contributed by atoms with Crippen LogP contribution >= 0.6 is 0 Å². The maximum Gasteiger partial charge on any atom is 0.143 e. The van der Waals surface area contributed by atoms with Crippen LogP contribution in [0.5, 0.6) is 0 Å². The second-order valence-electron chi connectivity index (χ2n) is 23.0. The number of furan rings is 1. The summed E-state index contributed by atoms with van der Waals surface area (Å²) in [5.41, 5.74) is 43.2. The molecule has 0 atom stereocenters. The molecule has 27 heteroatoms. The van der Waals surface area contributed by atoms with Crippen LogP contribution in [0.4, 0.5) is 0 Å². The Hall–Kier alpha value is -4.23. The predicted molar refractivity (Wildman–Crippen MR) is 405 cm³/mol. The molecule has 0 fully saturated rings. The summed E-state index contributed by atoms with van der Waals surface area (Å²) in [7, 11) is 61.8. The van der Waals surface area contributed by atoms with Gasteiger partial charge in [0.15, 0.2) is 0 Å². The van der Waals surface area contributed by atoms with Crippen LogP contribution in [0.2, 0.25) is 0 Å². The molecule has 0 aliphatic heterocycles. The van der Waals surface area contributed by atoms with Gasteiger partial charge in [-0.15, -0.1) is 43.7 Å². The van der Waals surface area contributed by atoms with Crippen molar-refractivity contribution in [1.29, 1.82) is 0 Å². The topological polar surface area (TPSA) is 13.1 Å². The standard InChI is InChI=1S/C44H52B26O/c45-17-12(30(58)41(69)43-15(17)16-31(59)39(67)40(68)42(70)44(16)71-43)2-7-4(21(49)33(61)35(63)23(7)51)1(5-8(2)24(52)36(64)34(62)22(5)50)6-11-9(20(48)32(60)19(6)47)3-10-14(29(57)38(66)37(65)25(10)53)28(56)27(55)13(3)26(54)18(11)46/h45-70H2. The van der Waals surface area contributed by atoms with E-state index in [1.54, 1.807) is 0 Å². The largest absolute Gasteiger partial charge is 0.457 e. The van der Waals surface area contributed by atoms with Crippen LogP contribution in [-0.4, -0.2) is 204 Å². The van der Waals surface area contributed by atoms with Crippen molar-refractivity contribution in [3.8, 4) is 22.3 Å².